The van der Waals surface area contributed by atoms with E-state index in [0.29, 0.717) is 0 Å². The van der Waals surface area contributed by atoms with Gasteiger partial charge in [0.2, 0.25) is 0 Å². The van der Waals surface area contributed by atoms with Gasteiger partial charge in [-0.2, -0.15) is 10.2 Å². The second kappa shape index (κ2) is 11.2. The summed E-state index contributed by atoms with van der Waals surface area (Å²) in [6.07, 6.45) is 1.07. The standard InChI is InChI=1S/C29H34N2P2/c1-32(26-16-7-3-8-17-26,27-18-9-4-10-19-27)30-24-15-25-31-33(2,28-20-11-5-12-21-28)29-22-13-6-14-23-29/h3-14,16-23,30-31H,15,24-25H2,1-2H3/q+2. The molecule has 0 saturated heterocycles. The summed E-state index contributed by atoms with van der Waals surface area (Å²) in [7, 11) is -3.28. The molecule has 0 bridgehead atoms. The van der Waals surface area contributed by atoms with Crippen molar-refractivity contribution in [2.75, 3.05) is 26.4 Å². The van der Waals surface area contributed by atoms with Gasteiger partial charge in [-0.3, -0.25) is 0 Å². The highest BCUT2D eigenvalue weighted by Gasteiger charge is 2.38. The fourth-order valence-electron chi connectivity index (χ4n) is 4.26. The Morgan fingerprint density at radius 2 is 0.667 bits per heavy atom. The van der Waals surface area contributed by atoms with Gasteiger partial charge in [0.25, 0.3) is 0 Å². The van der Waals surface area contributed by atoms with Crippen LogP contribution in [0.1, 0.15) is 6.42 Å². The summed E-state index contributed by atoms with van der Waals surface area (Å²) >= 11 is 0. The summed E-state index contributed by atoms with van der Waals surface area (Å²) in [5.41, 5.74) is 0. The van der Waals surface area contributed by atoms with Gasteiger partial charge in [-0.15, -0.1) is 0 Å². The molecule has 4 heteroatoms. The van der Waals surface area contributed by atoms with Crippen molar-refractivity contribution in [3.05, 3.63) is 121 Å². The van der Waals surface area contributed by atoms with Gasteiger partial charge in [0.05, 0.1) is 13.3 Å². The van der Waals surface area contributed by atoms with Gasteiger partial charge in [0, 0.05) is 13.1 Å². The Labute approximate surface area is 200 Å². The van der Waals surface area contributed by atoms with Crippen LogP contribution in [-0.4, -0.2) is 26.4 Å². The molecule has 0 aliphatic heterocycles. The molecule has 0 fully saturated rings. The Hall–Kier alpha value is -2.34. The van der Waals surface area contributed by atoms with Crippen LogP contribution in [0.4, 0.5) is 0 Å². The van der Waals surface area contributed by atoms with Crippen LogP contribution in [0.15, 0.2) is 121 Å². The summed E-state index contributed by atoms with van der Waals surface area (Å²) < 4.78 is 0. The maximum atomic E-state index is 3.98. The van der Waals surface area contributed by atoms with E-state index in [1.165, 1.54) is 21.2 Å². The minimum Gasteiger partial charge on any atom is -0.183 e. The Balaban J connectivity index is 1.45. The predicted molar refractivity (Wildman–Crippen MR) is 151 cm³/mol. The third kappa shape index (κ3) is 5.60. The first-order chi connectivity index (χ1) is 16.1. The Kier molecular flexibility index (Phi) is 8.07. The van der Waals surface area contributed by atoms with E-state index in [2.05, 4.69) is 145 Å². The van der Waals surface area contributed by atoms with Crippen LogP contribution >= 0.6 is 14.8 Å². The lowest BCUT2D eigenvalue weighted by Crippen LogP contribution is -2.36. The van der Waals surface area contributed by atoms with Crippen LogP contribution in [0.3, 0.4) is 0 Å². The molecule has 0 aliphatic carbocycles. The molecule has 2 nitrogen and oxygen atoms in total. The van der Waals surface area contributed by atoms with Gasteiger partial charge >= 0.3 is 0 Å². The van der Waals surface area contributed by atoms with Crippen molar-refractivity contribution in [2.24, 2.45) is 0 Å². The van der Waals surface area contributed by atoms with E-state index in [1.54, 1.807) is 0 Å². The lowest BCUT2D eigenvalue weighted by atomic mass is 10.4. The van der Waals surface area contributed by atoms with E-state index in [1.807, 2.05) is 0 Å². The summed E-state index contributed by atoms with van der Waals surface area (Å²) in [4.78, 5) is 0. The third-order valence-electron chi connectivity index (χ3n) is 6.30. The van der Waals surface area contributed by atoms with Gasteiger partial charge in [-0.05, 0) is 55.0 Å². The molecule has 0 unspecified atom stereocenters. The maximum absolute atomic E-state index is 3.98. The van der Waals surface area contributed by atoms with Gasteiger partial charge in [-0.1, -0.05) is 72.8 Å². The molecular formula is C29H34N2P2+2. The Morgan fingerprint density at radius 3 is 0.909 bits per heavy atom. The van der Waals surface area contributed by atoms with Crippen molar-refractivity contribution in [2.45, 2.75) is 6.42 Å². The van der Waals surface area contributed by atoms with Crippen molar-refractivity contribution >= 4 is 36.0 Å². The van der Waals surface area contributed by atoms with Crippen LogP contribution in [0.5, 0.6) is 0 Å². The zero-order chi connectivity index (χ0) is 23.0. The van der Waals surface area contributed by atoms with Crippen LogP contribution in [-0.2, 0) is 0 Å². The number of rotatable bonds is 10. The topological polar surface area (TPSA) is 24.1 Å². The number of benzene rings is 4. The van der Waals surface area contributed by atoms with E-state index in [0.717, 1.165) is 19.5 Å². The lowest BCUT2D eigenvalue weighted by Gasteiger charge is -2.25. The van der Waals surface area contributed by atoms with Crippen LogP contribution < -0.4 is 31.4 Å². The highest BCUT2D eigenvalue weighted by molar-refractivity contribution is 7.87. The van der Waals surface area contributed by atoms with E-state index >= 15 is 0 Å². The highest BCUT2D eigenvalue weighted by Crippen LogP contribution is 2.49. The first-order valence-electron chi connectivity index (χ1n) is 11.6. The molecule has 4 rings (SSSR count). The van der Waals surface area contributed by atoms with Crippen molar-refractivity contribution in [3.63, 3.8) is 0 Å². The van der Waals surface area contributed by atoms with Crippen molar-refractivity contribution < 1.29 is 0 Å². The van der Waals surface area contributed by atoms with Gasteiger partial charge in [0.1, 0.15) is 36.0 Å². The third-order valence-corrected chi connectivity index (χ3v) is 13.3. The first kappa shape index (κ1) is 23.8. The smallest absolute Gasteiger partial charge is 0.142 e. The minimum atomic E-state index is -1.64. The van der Waals surface area contributed by atoms with E-state index < -0.39 is 14.8 Å². The molecule has 33 heavy (non-hydrogen) atoms. The highest BCUT2D eigenvalue weighted by atomic mass is 31.2. The number of hydrogen-bond donors (Lipinski definition) is 2. The molecule has 0 radical (unpaired) electrons. The molecule has 0 saturated carbocycles. The quantitative estimate of drug-likeness (QED) is 0.251. The molecule has 168 valence electrons. The molecular weight excluding hydrogens is 438 g/mol. The molecule has 0 heterocycles. The Bertz CT molecular complexity index is 933. The summed E-state index contributed by atoms with van der Waals surface area (Å²) in [5, 5.41) is 13.5. The number of hydrogen-bond acceptors (Lipinski definition) is 2. The van der Waals surface area contributed by atoms with Gasteiger partial charge < -0.3 is 0 Å². The van der Waals surface area contributed by atoms with Crippen molar-refractivity contribution in [1.82, 2.24) is 10.2 Å². The number of nitrogens with one attached hydrogen (secondary N) is 2. The second-order valence-corrected chi connectivity index (χ2v) is 15.2. The van der Waals surface area contributed by atoms with Crippen molar-refractivity contribution in [3.8, 4) is 0 Å². The van der Waals surface area contributed by atoms with E-state index in [4.69, 9.17) is 0 Å². The van der Waals surface area contributed by atoms with Gasteiger partial charge in [0.15, 0.2) is 0 Å². The molecule has 0 aromatic heterocycles. The predicted octanol–water partition coefficient (Wildman–Crippen LogP) is 4.98. The zero-order valence-corrected chi connectivity index (χ0v) is 21.4. The molecule has 0 atom stereocenters. The second-order valence-electron chi connectivity index (χ2n) is 8.52. The molecule has 0 aliphatic rings. The van der Waals surface area contributed by atoms with Crippen LogP contribution in [0, 0.1) is 0 Å². The SMILES string of the molecule is C[P+](NCCCN[P+](C)(c1ccccc1)c1ccccc1)(c1ccccc1)c1ccccc1. The Morgan fingerprint density at radius 1 is 0.424 bits per heavy atom. The summed E-state index contributed by atoms with van der Waals surface area (Å²) in [5.74, 6) is 0. The van der Waals surface area contributed by atoms with Crippen molar-refractivity contribution in [1.29, 1.82) is 0 Å². The van der Waals surface area contributed by atoms with E-state index in [-0.39, 0.29) is 0 Å². The molecule has 2 N–H and O–H groups in total. The molecule has 4 aromatic rings. The molecule has 0 amide bonds. The average Bonchev–Trinajstić information content (AvgIpc) is 2.90. The monoisotopic (exact) mass is 472 g/mol. The summed E-state index contributed by atoms with van der Waals surface area (Å²) in [6.45, 7) is 6.75. The summed E-state index contributed by atoms with van der Waals surface area (Å²) in [6, 6.07) is 43.7. The fraction of sp³-hybridized carbons (Fsp3) is 0.172. The normalized spacial score (nSPS) is 11.9. The first-order valence-corrected chi connectivity index (χ1v) is 16.1. The lowest BCUT2D eigenvalue weighted by molar-refractivity contribution is 0.769. The van der Waals surface area contributed by atoms with Crippen LogP contribution in [0.25, 0.3) is 0 Å². The average molecular weight is 473 g/mol. The maximum Gasteiger partial charge on any atom is 0.142 e. The zero-order valence-electron chi connectivity index (χ0n) is 19.6. The van der Waals surface area contributed by atoms with Crippen LogP contribution in [0.2, 0.25) is 0 Å². The molecule has 0 spiro atoms. The fourth-order valence-corrected chi connectivity index (χ4v) is 9.87. The minimum absolute atomic E-state index is 0.977. The van der Waals surface area contributed by atoms with Gasteiger partial charge in [-0.25, -0.2) is 0 Å². The molecule has 4 aromatic carbocycles. The largest absolute Gasteiger partial charge is 0.183 e. The van der Waals surface area contributed by atoms with E-state index in [9.17, 15) is 0 Å².